The van der Waals surface area contributed by atoms with E-state index < -0.39 is 10.0 Å². The third-order valence-electron chi connectivity index (χ3n) is 2.27. The maximum absolute atomic E-state index is 12.2. The molecule has 2 rings (SSSR count). The van der Waals surface area contributed by atoms with E-state index in [4.69, 9.17) is 33.8 Å². The van der Waals surface area contributed by atoms with E-state index in [1.54, 1.807) is 0 Å². The van der Waals surface area contributed by atoms with Crippen LogP contribution in [0, 0.1) is 0 Å². The van der Waals surface area contributed by atoms with Gasteiger partial charge in [-0.05, 0) is 18.6 Å². The van der Waals surface area contributed by atoms with Crippen molar-refractivity contribution < 1.29 is 13.3 Å². The summed E-state index contributed by atoms with van der Waals surface area (Å²) in [5.41, 5.74) is 5.82. The lowest BCUT2D eigenvalue weighted by Gasteiger charge is -2.16. The van der Waals surface area contributed by atoms with Crippen molar-refractivity contribution in [3.63, 3.8) is 0 Å². The fourth-order valence-corrected chi connectivity index (χ4v) is 4.03. The van der Waals surface area contributed by atoms with Crippen molar-refractivity contribution in [1.82, 2.24) is 4.47 Å². The Morgan fingerprint density at radius 3 is 2.35 bits per heavy atom. The van der Waals surface area contributed by atoms with Crippen LogP contribution in [0.3, 0.4) is 0 Å². The maximum atomic E-state index is 12.2. The van der Waals surface area contributed by atoms with Gasteiger partial charge in [-0.25, -0.2) is 8.42 Å². The van der Waals surface area contributed by atoms with Crippen LogP contribution >= 0.6 is 23.2 Å². The predicted molar refractivity (Wildman–Crippen MR) is 65.3 cm³/mol. The fraction of sp³-hybridized carbons (Fsp3) is 0.333. The van der Waals surface area contributed by atoms with Crippen molar-refractivity contribution in [3.8, 4) is 0 Å². The number of hydrogen-bond acceptors (Lipinski definition) is 4. The van der Waals surface area contributed by atoms with Gasteiger partial charge >= 0.3 is 0 Å². The second-order valence-electron chi connectivity index (χ2n) is 3.53. The summed E-state index contributed by atoms with van der Waals surface area (Å²) < 4.78 is 25.3. The third-order valence-corrected chi connectivity index (χ3v) is 4.87. The van der Waals surface area contributed by atoms with Crippen LogP contribution in [0.4, 0.5) is 5.69 Å². The zero-order chi connectivity index (χ0) is 12.6. The number of halogens is 2. The molecule has 5 nitrogen and oxygen atoms in total. The summed E-state index contributed by atoms with van der Waals surface area (Å²) in [4.78, 5) is 4.84. The van der Waals surface area contributed by atoms with E-state index in [0.29, 0.717) is 25.3 Å². The summed E-state index contributed by atoms with van der Waals surface area (Å²) in [6.45, 7) is 0.656. The van der Waals surface area contributed by atoms with Crippen LogP contribution in [0.15, 0.2) is 17.0 Å². The molecule has 0 unspecified atom stereocenters. The molecule has 0 radical (unpaired) electrons. The Morgan fingerprint density at radius 2 is 1.88 bits per heavy atom. The minimum absolute atomic E-state index is 0.00880. The number of hydrogen-bond donors (Lipinski definition) is 1. The van der Waals surface area contributed by atoms with Crippen molar-refractivity contribution in [2.75, 3.05) is 18.9 Å². The standard InChI is InChI=1S/C9H10Cl2N2O3S/c10-7-4-6(12)5-8(11)9(7)17(14,15)13-2-1-3-16-13/h4-5H,1-3,12H2. The Balaban J connectivity index is 2.53. The fourth-order valence-electron chi connectivity index (χ4n) is 1.54. The molecule has 0 bridgehead atoms. The summed E-state index contributed by atoms with van der Waals surface area (Å²) in [6.07, 6.45) is 0.642. The summed E-state index contributed by atoms with van der Waals surface area (Å²) in [5, 5.41) is -0.0176. The third kappa shape index (κ3) is 2.36. The molecular formula is C9H10Cl2N2O3S. The van der Waals surface area contributed by atoms with E-state index >= 15 is 0 Å². The van der Waals surface area contributed by atoms with E-state index in [9.17, 15) is 8.42 Å². The maximum Gasteiger partial charge on any atom is 0.267 e. The van der Waals surface area contributed by atoms with E-state index in [1.807, 2.05) is 0 Å². The summed E-state index contributed by atoms with van der Waals surface area (Å²) in [5.74, 6) is 0. The van der Waals surface area contributed by atoms with Gasteiger partial charge in [0.15, 0.2) is 0 Å². The molecular weight excluding hydrogens is 287 g/mol. The quantitative estimate of drug-likeness (QED) is 0.846. The Labute approximate surface area is 109 Å². The smallest absolute Gasteiger partial charge is 0.267 e. The number of benzene rings is 1. The Morgan fingerprint density at radius 1 is 1.29 bits per heavy atom. The highest BCUT2D eigenvalue weighted by molar-refractivity contribution is 7.89. The molecule has 1 aliphatic rings. The highest BCUT2D eigenvalue weighted by Crippen LogP contribution is 2.34. The van der Waals surface area contributed by atoms with Gasteiger partial charge in [0.05, 0.1) is 16.7 Å². The number of hydroxylamine groups is 1. The summed E-state index contributed by atoms with van der Waals surface area (Å²) in [7, 11) is -3.83. The van der Waals surface area contributed by atoms with Crippen molar-refractivity contribution in [3.05, 3.63) is 22.2 Å². The Kier molecular flexibility index (Phi) is 3.51. The normalized spacial score (nSPS) is 17.5. The monoisotopic (exact) mass is 296 g/mol. The largest absolute Gasteiger partial charge is 0.399 e. The van der Waals surface area contributed by atoms with Crippen molar-refractivity contribution >= 4 is 38.9 Å². The van der Waals surface area contributed by atoms with Crippen LogP contribution in [0.1, 0.15) is 6.42 Å². The van der Waals surface area contributed by atoms with Gasteiger partial charge in [-0.2, -0.15) is 0 Å². The lowest BCUT2D eigenvalue weighted by atomic mass is 10.3. The molecule has 17 heavy (non-hydrogen) atoms. The Hall–Kier alpha value is -0.530. The average Bonchev–Trinajstić information content (AvgIpc) is 2.67. The van der Waals surface area contributed by atoms with Crippen LogP contribution in [0.5, 0.6) is 0 Å². The van der Waals surface area contributed by atoms with Crippen LogP contribution in [-0.4, -0.2) is 26.0 Å². The van der Waals surface area contributed by atoms with E-state index in [0.717, 1.165) is 4.47 Å². The molecule has 0 atom stereocenters. The Bertz CT molecular complexity index is 518. The van der Waals surface area contributed by atoms with Gasteiger partial charge in [-0.15, -0.1) is 0 Å². The molecule has 94 valence electrons. The van der Waals surface area contributed by atoms with Gasteiger partial charge in [0, 0.05) is 12.2 Å². The van der Waals surface area contributed by atoms with Crippen molar-refractivity contribution in [1.29, 1.82) is 0 Å². The number of anilines is 1. The van der Waals surface area contributed by atoms with E-state index in [1.165, 1.54) is 12.1 Å². The summed E-state index contributed by atoms with van der Waals surface area (Å²) >= 11 is 11.7. The second kappa shape index (κ2) is 4.62. The van der Waals surface area contributed by atoms with Gasteiger partial charge in [0.2, 0.25) is 0 Å². The molecule has 1 saturated heterocycles. The number of nitrogens with two attached hydrogens (primary N) is 1. The van der Waals surface area contributed by atoms with Crippen LogP contribution < -0.4 is 5.73 Å². The first kappa shape index (κ1) is 12.9. The molecule has 1 fully saturated rings. The predicted octanol–water partition coefficient (Wildman–Crippen LogP) is 1.90. The lowest BCUT2D eigenvalue weighted by molar-refractivity contribution is -0.0284. The molecule has 0 amide bonds. The number of rotatable bonds is 2. The van der Waals surface area contributed by atoms with Crippen LogP contribution in [-0.2, 0) is 14.9 Å². The van der Waals surface area contributed by atoms with Crippen LogP contribution in [0.2, 0.25) is 10.0 Å². The average molecular weight is 297 g/mol. The van der Waals surface area contributed by atoms with E-state index in [-0.39, 0.29) is 14.9 Å². The van der Waals surface area contributed by atoms with E-state index in [2.05, 4.69) is 0 Å². The molecule has 1 aliphatic heterocycles. The molecule has 2 N–H and O–H groups in total. The van der Waals surface area contributed by atoms with Crippen molar-refractivity contribution in [2.45, 2.75) is 11.3 Å². The minimum atomic E-state index is -3.83. The first-order chi connectivity index (χ1) is 7.93. The minimum Gasteiger partial charge on any atom is -0.399 e. The molecule has 0 spiro atoms. The molecule has 0 saturated carbocycles. The molecule has 0 aromatic heterocycles. The van der Waals surface area contributed by atoms with Gasteiger partial charge in [0.1, 0.15) is 4.90 Å². The number of sulfonamides is 1. The topological polar surface area (TPSA) is 72.6 Å². The lowest BCUT2D eigenvalue weighted by Crippen LogP contribution is -2.27. The summed E-state index contributed by atoms with van der Waals surface area (Å²) in [6, 6.07) is 2.69. The highest BCUT2D eigenvalue weighted by Gasteiger charge is 2.32. The molecule has 1 aromatic rings. The number of nitrogen functional groups attached to an aromatic ring is 1. The molecule has 8 heteroatoms. The first-order valence-electron chi connectivity index (χ1n) is 4.83. The zero-order valence-electron chi connectivity index (χ0n) is 8.69. The number of nitrogens with zero attached hydrogens (tertiary/aromatic N) is 1. The van der Waals surface area contributed by atoms with Gasteiger partial charge in [-0.1, -0.05) is 27.7 Å². The van der Waals surface area contributed by atoms with Crippen LogP contribution in [0.25, 0.3) is 0 Å². The highest BCUT2D eigenvalue weighted by atomic mass is 35.5. The van der Waals surface area contributed by atoms with Gasteiger partial charge in [-0.3, -0.25) is 4.84 Å². The van der Waals surface area contributed by atoms with Gasteiger partial charge < -0.3 is 5.73 Å². The molecule has 1 aromatic carbocycles. The molecule has 1 heterocycles. The van der Waals surface area contributed by atoms with Gasteiger partial charge in [0.25, 0.3) is 10.0 Å². The second-order valence-corrected chi connectivity index (χ2v) is 6.11. The first-order valence-corrected chi connectivity index (χ1v) is 7.02. The zero-order valence-corrected chi connectivity index (χ0v) is 11.0. The van der Waals surface area contributed by atoms with Crippen molar-refractivity contribution in [2.24, 2.45) is 0 Å². The molecule has 0 aliphatic carbocycles. The SMILES string of the molecule is Nc1cc(Cl)c(S(=O)(=O)N2CCCO2)c(Cl)c1.